The van der Waals surface area contributed by atoms with Crippen molar-refractivity contribution in [2.24, 2.45) is 5.92 Å². The minimum atomic E-state index is -2.89. The van der Waals surface area contributed by atoms with Crippen LogP contribution in [0.25, 0.3) is 17.0 Å². The van der Waals surface area contributed by atoms with Crippen LogP contribution in [0.5, 0.6) is 0 Å². The number of hydrogen-bond donors (Lipinski definition) is 0. The molecular formula is C15H15N3O3S. The Morgan fingerprint density at radius 2 is 2.23 bits per heavy atom. The van der Waals surface area contributed by atoms with E-state index in [1.54, 1.807) is 12.5 Å². The van der Waals surface area contributed by atoms with E-state index in [0.717, 1.165) is 17.0 Å². The Kier molecular flexibility index (Phi) is 3.04. The first kappa shape index (κ1) is 13.5. The molecular weight excluding hydrogens is 302 g/mol. The van der Waals surface area contributed by atoms with Gasteiger partial charge in [-0.2, -0.15) is 0 Å². The molecule has 0 radical (unpaired) electrons. The standard InChI is InChI=1S/C15H15N3O3S/c19-22(20)8-5-11(10-22)9-13-17-12-3-1-6-16-15(12)18(13)14-4-2-7-21-14/h1-4,6-7,11H,5,8-10H2. The number of fused-ring (bicyclic) bond motifs is 1. The predicted octanol–water partition coefficient (Wildman–Crippen LogP) is 1.99. The van der Waals surface area contributed by atoms with E-state index in [-0.39, 0.29) is 17.4 Å². The highest BCUT2D eigenvalue weighted by atomic mass is 32.2. The van der Waals surface area contributed by atoms with E-state index in [1.807, 2.05) is 28.8 Å². The summed E-state index contributed by atoms with van der Waals surface area (Å²) in [7, 11) is -2.89. The van der Waals surface area contributed by atoms with E-state index >= 15 is 0 Å². The minimum absolute atomic E-state index is 0.107. The SMILES string of the molecule is O=S1(=O)CCC(Cc2nc3cccnc3n2-c2ccco2)C1. The largest absolute Gasteiger partial charge is 0.448 e. The fourth-order valence-electron chi connectivity index (χ4n) is 3.02. The lowest BCUT2D eigenvalue weighted by Gasteiger charge is -2.09. The van der Waals surface area contributed by atoms with Gasteiger partial charge in [-0.05, 0) is 30.5 Å². The first-order chi connectivity index (χ1) is 10.6. The molecule has 3 aromatic heterocycles. The molecule has 0 saturated carbocycles. The summed E-state index contributed by atoms with van der Waals surface area (Å²) in [5.41, 5.74) is 1.52. The van der Waals surface area contributed by atoms with Gasteiger partial charge in [0.2, 0.25) is 5.88 Å². The fourth-order valence-corrected chi connectivity index (χ4v) is 4.88. The van der Waals surface area contributed by atoms with Crippen molar-refractivity contribution in [1.29, 1.82) is 0 Å². The molecule has 1 aliphatic rings. The van der Waals surface area contributed by atoms with Gasteiger partial charge < -0.3 is 4.42 Å². The van der Waals surface area contributed by atoms with Gasteiger partial charge in [-0.15, -0.1) is 0 Å². The smallest absolute Gasteiger partial charge is 0.206 e. The molecule has 7 heteroatoms. The Morgan fingerprint density at radius 3 is 2.95 bits per heavy atom. The second-order valence-electron chi connectivity index (χ2n) is 5.63. The highest BCUT2D eigenvalue weighted by molar-refractivity contribution is 7.91. The van der Waals surface area contributed by atoms with E-state index < -0.39 is 9.84 Å². The van der Waals surface area contributed by atoms with Crippen molar-refractivity contribution < 1.29 is 12.8 Å². The molecule has 0 N–H and O–H groups in total. The average molecular weight is 317 g/mol. The van der Waals surface area contributed by atoms with Gasteiger partial charge in [0.1, 0.15) is 11.3 Å². The second kappa shape index (κ2) is 4.95. The summed E-state index contributed by atoms with van der Waals surface area (Å²) in [6.07, 6.45) is 4.62. The van der Waals surface area contributed by atoms with Crippen LogP contribution in [-0.4, -0.2) is 34.5 Å². The molecule has 0 bridgehead atoms. The molecule has 1 unspecified atom stereocenters. The van der Waals surface area contributed by atoms with Crippen molar-refractivity contribution in [3.63, 3.8) is 0 Å². The molecule has 1 atom stereocenters. The van der Waals surface area contributed by atoms with E-state index in [9.17, 15) is 8.42 Å². The van der Waals surface area contributed by atoms with Crippen LogP contribution in [0.2, 0.25) is 0 Å². The lowest BCUT2D eigenvalue weighted by Crippen LogP contribution is -2.11. The van der Waals surface area contributed by atoms with Gasteiger partial charge in [0.05, 0.1) is 17.8 Å². The number of pyridine rings is 1. The van der Waals surface area contributed by atoms with Gasteiger partial charge in [0.25, 0.3) is 0 Å². The highest BCUT2D eigenvalue weighted by Gasteiger charge is 2.30. The quantitative estimate of drug-likeness (QED) is 0.738. The van der Waals surface area contributed by atoms with Crippen LogP contribution in [0.15, 0.2) is 41.1 Å². The normalized spacial score (nSPS) is 20.6. The summed E-state index contributed by atoms with van der Waals surface area (Å²) in [6, 6.07) is 7.40. The van der Waals surface area contributed by atoms with Crippen LogP contribution >= 0.6 is 0 Å². The molecule has 0 aromatic carbocycles. The van der Waals surface area contributed by atoms with Crippen LogP contribution in [0.1, 0.15) is 12.2 Å². The minimum Gasteiger partial charge on any atom is -0.448 e. The third kappa shape index (κ3) is 2.31. The summed E-state index contributed by atoms with van der Waals surface area (Å²) in [5, 5.41) is 0. The van der Waals surface area contributed by atoms with Crippen molar-refractivity contribution in [3.05, 3.63) is 42.5 Å². The predicted molar refractivity (Wildman–Crippen MR) is 81.6 cm³/mol. The van der Waals surface area contributed by atoms with E-state index in [1.165, 1.54) is 0 Å². The fraction of sp³-hybridized carbons (Fsp3) is 0.333. The number of sulfone groups is 1. The van der Waals surface area contributed by atoms with Crippen LogP contribution in [0.4, 0.5) is 0 Å². The number of rotatable bonds is 3. The maximum atomic E-state index is 11.7. The zero-order chi connectivity index (χ0) is 15.2. The van der Waals surface area contributed by atoms with Crippen LogP contribution in [-0.2, 0) is 16.3 Å². The van der Waals surface area contributed by atoms with Crippen molar-refractivity contribution in [2.75, 3.05) is 11.5 Å². The number of aromatic nitrogens is 3. The van der Waals surface area contributed by atoms with E-state index in [2.05, 4.69) is 9.97 Å². The van der Waals surface area contributed by atoms with E-state index in [4.69, 9.17) is 4.42 Å². The Hall–Kier alpha value is -2.15. The number of furan rings is 1. The molecule has 4 rings (SSSR count). The Labute approximate surface area is 127 Å². The van der Waals surface area contributed by atoms with Crippen molar-refractivity contribution >= 4 is 21.0 Å². The lowest BCUT2D eigenvalue weighted by molar-refractivity contribution is 0.518. The molecule has 114 valence electrons. The van der Waals surface area contributed by atoms with Crippen molar-refractivity contribution in [1.82, 2.24) is 14.5 Å². The van der Waals surface area contributed by atoms with Crippen molar-refractivity contribution in [2.45, 2.75) is 12.8 Å². The highest BCUT2D eigenvalue weighted by Crippen LogP contribution is 2.26. The monoisotopic (exact) mass is 317 g/mol. The molecule has 1 fully saturated rings. The Bertz CT molecular complexity index is 913. The molecule has 1 saturated heterocycles. The number of nitrogens with zero attached hydrogens (tertiary/aromatic N) is 3. The Balaban J connectivity index is 1.79. The maximum Gasteiger partial charge on any atom is 0.206 e. The number of hydrogen-bond acceptors (Lipinski definition) is 5. The molecule has 6 nitrogen and oxygen atoms in total. The summed E-state index contributed by atoms with van der Waals surface area (Å²) >= 11 is 0. The van der Waals surface area contributed by atoms with Gasteiger partial charge in [0.15, 0.2) is 15.5 Å². The third-order valence-corrected chi connectivity index (χ3v) is 5.85. The third-order valence-electron chi connectivity index (χ3n) is 4.01. The second-order valence-corrected chi connectivity index (χ2v) is 7.86. The molecule has 0 amide bonds. The van der Waals surface area contributed by atoms with Crippen LogP contribution in [0, 0.1) is 5.92 Å². The molecule has 0 spiro atoms. The van der Waals surface area contributed by atoms with Gasteiger partial charge in [-0.3, -0.25) is 0 Å². The van der Waals surface area contributed by atoms with Gasteiger partial charge in [-0.25, -0.2) is 23.0 Å². The summed E-state index contributed by atoms with van der Waals surface area (Å²) in [4.78, 5) is 9.01. The van der Waals surface area contributed by atoms with Gasteiger partial charge >= 0.3 is 0 Å². The summed E-state index contributed by atoms with van der Waals surface area (Å²) in [6.45, 7) is 0. The maximum absolute atomic E-state index is 11.7. The Morgan fingerprint density at radius 1 is 1.32 bits per heavy atom. The molecule has 4 heterocycles. The summed E-state index contributed by atoms with van der Waals surface area (Å²) < 4.78 is 30.7. The zero-order valence-electron chi connectivity index (χ0n) is 11.8. The summed E-state index contributed by atoms with van der Waals surface area (Å²) in [5.74, 6) is 2.07. The van der Waals surface area contributed by atoms with Crippen LogP contribution < -0.4 is 0 Å². The molecule has 0 aliphatic carbocycles. The molecule has 22 heavy (non-hydrogen) atoms. The van der Waals surface area contributed by atoms with Crippen molar-refractivity contribution in [3.8, 4) is 5.88 Å². The van der Waals surface area contributed by atoms with Crippen LogP contribution in [0.3, 0.4) is 0 Å². The first-order valence-corrected chi connectivity index (χ1v) is 9.01. The van der Waals surface area contributed by atoms with E-state index in [0.29, 0.717) is 18.7 Å². The average Bonchev–Trinajstić information content (AvgIpc) is 3.17. The van der Waals surface area contributed by atoms with Gasteiger partial charge in [0, 0.05) is 18.7 Å². The molecule has 3 aromatic rings. The first-order valence-electron chi connectivity index (χ1n) is 7.19. The number of imidazole rings is 1. The molecule has 1 aliphatic heterocycles. The zero-order valence-corrected chi connectivity index (χ0v) is 12.7. The van der Waals surface area contributed by atoms with Gasteiger partial charge in [-0.1, -0.05) is 0 Å². The topological polar surface area (TPSA) is 78.0 Å². The lowest BCUT2D eigenvalue weighted by atomic mass is 10.1.